The van der Waals surface area contributed by atoms with Gasteiger partial charge in [0.25, 0.3) is 0 Å². The number of methoxy groups -OCH3 is 1. The first kappa shape index (κ1) is 34.6. The van der Waals surface area contributed by atoms with Crippen LogP contribution in [-0.2, 0) is 10.8 Å². The summed E-state index contributed by atoms with van der Waals surface area (Å²) in [6.07, 6.45) is 5.45. The first-order valence-corrected chi connectivity index (χ1v) is 18.3. The molecule has 1 aliphatic rings. The van der Waals surface area contributed by atoms with Gasteiger partial charge >= 0.3 is 0 Å². The zero-order valence-corrected chi connectivity index (χ0v) is 32.1. The summed E-state index contributed by atoms with van der Waals surface area (Å²) in [5.74, 6) is 4.53. The number of pyridine rings is 1. The molecule has 0 amide bonds. The molecule has 0 N–H and O–H groups in total. The summed E-state index contributed by atoms with van der Waals surface area (Å²) in [7, 11) is 1.68. The lowest BCUT2D eigenvalue weighted by Crippen LogP contribution is -2.27. The summed E-state index contributed by atoms with van der Waals surface area (Å²) in [6, 6.07) is 25.1. The Balaban J connectivity index is 1.36. The molecule has 6 nitrogen and oxygen atoms in total. The SMILES string of the molecule is COc1ccnc(-n2c3ccccc3c3ccc(Oc4cc(C)cc(-n5nc(C(C)(C)C)c([C@@H]6C(C)=CC(C)C[C@@H]6C)c5C(C)(C)C)c4)cc32)c1. The van der Waals surface area contributed by atoms with E-state index in [1.54, 1.807) is 13.3 Å². The quantitative estimate of drug-likeness (QED) is 0.164. The van der Waals surface area contributed by atoms with Crippen LogP contribution in [-0.4, -0.2) is 26.4 Å². The predicted molar refractivity (Wildman–Crippen MR) is 210 cm³/mol. The van der Waals surface area contributed by atoms with Crippen LogP contribution >= 0.6 is 0 Å². The molecule has 3 atom stereocenters. The Hall–Kier alpha value is -4.84. The van der Waals surface area contributed by atoms with Gasteiger partial charge in [0.15, 0.2) is 0 Å². The number of benzene rings is 3. The van der Waals surface area contributed by atoms with Crippen LogP contribution < -0.4 is 9.47 Å². The third-order valence-electron chi connectivity index (χ3n) is 10.3. The molecule has 0 bridgehead atoms. The molecule has 0 saturated carbocycles. The molecule has 3 heterocycles. The molecular formula is C45H52N4O2. The number of hydrogen-bond acceptors (Lipinski definition) is 4. The highest BCUT2D eigenvalue weighted by atomic mass is 16.5. The van der Waals surface area contributed by atoms with Crippen molar-refractivity contribution in [1.29, 1.82) is 0 Å². The van der Waals surface area contributed by atoms with Crippen molar-refractivity contribution < 1.29 is 9.47 Å². The standard InChI is InChI=1S/C45H52N4O2/c1-27-20-29(3)40(30(4)21-27)41-42(44(5,6)7)47-49(43(41)45(8,9)10)31-22-28(2)23-34(24-31)51-33-16-17-36-35-14-12-13-15-37(35)48(38(36)25-33)39-26-32(50-11)18-19-46-39/h12-20,22-27,30,40H,21H2,1-11H3/t27?,30-,40+/m0/s1. The summed E-state index contributed by atoms with van der Waals surface area (Å²) >= 11 is 0. The van der Waals surface area contributed by atoms with Gasteiger partial charge in [0, 0.05) is 57.5 Å². The smallest absolute Gasteiger partial charge is 0.141 e. The fourth-order valence-electron chi connectivity index (χ4n) is 8.45. The van der Waals surface area contributed by atoms with E-state index < -0.39 is 0 Å². The summed E-state index contributed by atoms with van der Waals surface area (Å²) in [5.41, 5.74) is 9.27. The average molecular weight is 681 g/mol. The largest absolute Gasteiger partial charge is 0.497 e. The van der Waals surface area contributed by atoms with E-state index in [2.05, 4.69) is 145 Å². The maximum atomic E-state index is 6.74. The van der Waals surface area contributed by atoms with Crippen LogP contribution in [0.4, 0.5) is 0 Å². The van der Waals surface area contributed by atoms with Gasteiger partial charge in [-0.3, -0.25) is 4.57 Å². The second-order valence-corrected chi connectivity index (χ2v) is 16.8. The molecule has 6 heteroatoms. The van der Waals surface area contributed by atoms with Gasteiger partial charge in [-0.1, -0.05) is 85.2 Å². The molecular weight excluding hydrogens is 629 g/mol. The van der Waals surface area contributed by atoms with Gasteiger partial charge in [0.05, 0.1) is 35.2 Å². The Bertz CT molecular complexity index is 2290. The van der Waals surface area contributed by atoms with Crippen LogP contribution in [0.2, 0.25) is 0 Å². The highest BCUT2D eigenvalue weighted by Gasteiger charge is 2.39. The van der Waals surface area contributed by atoms with Gasteiger partial charge in [-0.2, -0.15) is 5.10 Å². The van der Waals surface area contributed by atoms with Crippen LogP contribution in [0.25, 0.3) is 33.3 Å². The molecule has 51 heavy (non-hydrogen) atoms. The van der Waals surface area contributed by atoms with Crippen LogP contribution in [0.5, 0.6) is 17.2 Å². The van der Waals surface area contributed by atoms with Gasteiger partial charge in [-0.15, -0.1) is 0 Å². The molecule has 3 aromatic carbocycles. The zero-order valence-electron chi connectivity index (χ0n) is 32.1. The van der Waals surface area contributed by atoms with Crippen molar-refractivity contribution in [3.8, 4) is 28.8 Å². The maximum Gasteiger partial charge on any atom is 0.141 e. The molecule has 0 radical (unpaired) electrons. The number of allylic oxidation sites excluding steroid dienone is 2. The van der Waals surface area contributed by atoms with E-state index in [0.29, 0.717) is 17.8 Å². The summed E-state index contributed by atoms with van der Waals surface area (Å²) in [4.78, 5) is 4.73. The fraction of sp³-hybridized carbons (Fsp3) is 0.378. The Labute approximate surface area is 303 Å². The number of nitrogens with zero attached hydrogens (tertiary/aromatic N) is 4. The Morgan fingerprint density at radius 3 is 2.22 bits per heavy atom. The molecule has 0 saturated heterocycles. The van der Waals surface area contributed by atoms with E-state index in [0.717, 1.165) is 56.1 Å². The maximum absolute atomic E-state index is 6.74. The van der Waals surface area contributed by atoms with Crippen molar-refractivity contribution in [3.63, 3.8) is 0 Å². The van der Waals surface area contributed by atoms with Crippen LogP contribution in [0.1, 0.15) is 97.2 Å². The molecule has 7 rings (SSSR count). The molecule has 0 aliphatic heterocycles. The van der Waals surface area contributed by atoms with E-state index >= 15 is 0 Å². The minimum Gasteiger partial charge on any atom is -0.497 e. The van der Waals surface area contributed by atoms with Gasteiger partial charge < -0.3 is 9.47 Å². The van der Waals surface area contributed by atoms with Gasteiger partial charge in [0.2, 0.25) is 0 Å². The third kappa shape index (κ3) is 6.34. The molecule has 0 spiro atoms. The monoisotopic (exact) mass is 680 g/mol. The second-order valence-electron chi connectivity index (χ2n) is 16.8. The van der Waals surface area contributed by atoms with Crippen molar-refractivity contribution in [2.45, 2.75) is 92.4 Å². The molecule has 3 aromatic heterocycles. The van der Waals surface area contributed by atoms with E-state index in [4.69, 9.17) is 19.6 Å². The lowest BCUT2D eigenvalue weighted by molar-refractivity contribution is 0.382. The average Bonchev–Trinajstić information content (AvgIpc) is 3.61. The number of para-hydroxylation sites is 1. The van der Waals surface area contributed by atoms with Crippen LogP contribution in [0.15, 0.2) is 90.6 Å². The Morgan fingerprint density at radius 2 is 1.51 bits per heavy atom. The van der Waals surface area contributed by atoms with Crippen LogP contribution in [0.3, 0.4) is 0 Å². The van der Waals surface area contributed by atoms with Crippen molar-refractivity contribution in [2.24, 2.45) is 11.8 Å². The van der Waals surface area contributed by atoms with Crippen LogP contribution in [0, 0.1) is 18.8 Å². The number of aryl methyl sites for hydroxylation is 1. The van der Waals surface area contributed by atoms with Gasteiger partial charge in [-0.05, 0) is 74.1 Å². The molecule has 6 aromatic rings. The first-order valence-electron chi connectivity index (χ1n) is 18.3. The lowest BCUT2D eigenvalue weighted by atomic mass is 9.68. The number of aromatic nitrogens is 4. The highest BCUT2D eigenvalue weighted by molar-refractivity contribution is 6.09. The topological polar surface area (TPSA) is 54.1 Å². The van der Waals surface area contributed by atoms with E-state index in [-0.39, 0.29) is 10.8 Å². The number of hydrogen-bond donors (Lipinski definition) is 0. The molecule has 1 aliphatic carbocycles. The lowest BCUT2D eigenvalue weighted by Gasteiger charge is -2.36. The van der Waals surface area contributed by atoms with E-state index in [1.165, 1.54) is 28.9 Å². The Kier molecular flexibility index (Phi) is 8.64. The van der Waals surface area contributed by atoms with Gasteiger partial charge in [-0.25, -0.2) is 9.67 Å². The number of ether oxygens (including phenoxy) is 2. The minimum atomic E-state index is -0.147. The molecule has 264 valence electrons. The fourth-order valence-corrected chi connectivity index (χ4v) is 8.45. The van der Waals surface area contributed by atoms with E-state index in [1.807, 2.05) is 12.1 Å². The number of fused-ring (bicyclic) bond motifs is 3. The minimum absolute atomic E-state index is 0.127. The van der Waals surface area contributed by atoms with E-state index in [9.17, 15) is 0 Å². The first-order chi connectivity index (χ1) is 24.1. The van der Waals surface area contributed by atoms with Gasteiger partial charge in [0.1, 0.15) is 23.1 Å². The Morgan fingerprint density at radius 1 is 0.765 bits per heavy atom. The third-order valence-corrected chi connectivity index (χ3v) is 10.3. The predicted octanol–water partition coefficient (Wildman–Crippen LogP) is 11.8. The van der Waals surface area contributed by atoms with Crippen molar-refractivity contribution in [2.75, 3.05) is 7.11 Å². The van der Waals surface area contributed by atoms with Crippen molar-refractivity contribution in [3.05, 3.63) is 113 Å². The summed E-state index contributed by atoms with van der Waals surface area (Å²) in [5, 5.41) is 7.80. The molecule has 1 unspecified atom stereocenters. The second kappa shape index (κ2) is 12.7. The number of rotatable bonds is 6. The van der Waals surface area contributed by atoms with Crippen molar-refractivity contribution in [1.82, 2.24) is 19.3 Å². The summed E-state index contributed by atoms with van der Waals surface area (Å²) in [6.45, 7) is 23.1. The highest BCUT2D eigenvalue weighted by Crippen LogP contribution is 2.48. The summed E-state index contributed by atoms with van der Waals surface area (Å²) < 4.78 is 16.7. The van der Waals surface area contributed by atoms with Crippen molar-refractivity contribution >= 4 is 21.8 Å². The molecule has 0 fully saturated rings. The zero-order chi connectivity index (χ0) is 36.4. The normalized spacial score (nSPS) is 18.3.